The number of aryl methyl sites for hydroxylation is 1. The molecule has 0 aliphatic rings. The molecule has 0 saturated carbocycles. The summed E-state index contributed by atoms with van der Waals surface area (Å²) in [6.07, 6.45) is -2.03. The third-order valence-electron chi connectivity index (χ3n) is 5.18. The standard InChI is InChI=1S/C25H27ClF3NO5/c1-3-8-18-20(12-11-19-22(18)35-30-23(19)25(27,28)29)34-14-6-5-13-33-17-10-7-9-16(15-17)21(26)24(31)32-4-2/h7,9-12,15,21H,3-6,8,13-14H2,1-2H3. The molecule has 3 rings (SSSR count). The molecule has 1 atom stereocenters. The number of alkyl halides is 4. The Morgan fingerprint density at radius 3 is 2.54 bits per heavy atom. The van der Waals surface area contributed by atoms with Crippen molar-refractivity contribution < 1.29 is 36.7 Å². The highest BCUT2D eigenvalue weighted by Gasteiger charge is 2.37. The summed E-state index contributed by atoms with van der Waals surface area (Å²) >= 11 is 6.15. The monoisotopic (exact) mass is 513 g/mol. The van der Waals surface area contributed by atoms with E-state index in [1.807, 2.05) is 6.92 Å². The van der Waals surface area contributed by atoms with Gasteiger partial charge in [-0.2, -0.15) is 13.2 Å². The molecule has 3 aromatic rings. The van der Waals surface area contributed by atoms with E-state index in [1.165, 1.54) is 12.1 Å². The Morgan fingerprint density at radius 1 is 1.11 bits per heavy atom. The minimum absolute atomic E-state index is 0.0638. The van der Waals surface area contributed by atoms with Gasteiger partial charge in [0, 0.05) is 5.56 Å². The van der Waals surface area contributed by atoms with Gasteiger partial charge >= 0.3 is 12.1 Å². The van der Waals surface area contributed by atoms with Crippen LogP contribution in [0.3, 0.4) is 0 Å². The van der Waals surface area contributed by atoms with Crippen LogP contribution >= 0.6 is 11.6 Å². The summed E-state index contributed by atoms with van der Waals surface area (Å²) in [5.74, 6) is 0.564. The first kappa shape index (κ1) is 26.7. The normalized spacial score (nSPS) is 12.5. The van der Waals surface area contributed by atoms with Gasteiger partial charge in [0.15, 0.2) is 16.7 Å². The number of nitrogens with zero attached hydrogens (tertiary/aromatic N) is 1. The average Bonchev–Trinajstić information content (AvgIpc) is 3.27. The molecule has 0 N–H and O–H groups in total. The highest BCUT2D eigenvalue weighted by Crippen LogP contribution is 2.38. The summed E-state index contributed by atoms with van der Waals surface area (Å²) in [7, 11) is 0. The molecule has 0 fully saturated rings. The van der Waals surface area contributed by atoms with E-state index in [-0.39, 0.29) is 17.6 Å². The zero-order valence-corrected chi connectivity index (χ0v) is 20.2. The molecular weight excluding hydrogens is 487 g/mol. The van der Waals surface area contributed by atoms with Gasteiger partial charge in [-0.05, 0) is 56.0 Å². The Hall–Kier alpha value is -2.94. The largest absolute Gasteiger partial charge is 0.494 e. The number of carbonyl (C=O) groups is 1. The molecule has 1 aromatic heterocycles. The van der Waals surface area contributed by atoms with E-state index in [0.29, 0.717) is 61.5 Å². The number of halogens is 4. The van der Waals surface area contributed by atoms with Gasteiger partial charge in [0.2, 0.25) is 0 Å². The molecule has 0 radical (unpaired) electrons. The number of carbonyl (C=O) groups excluding carboxylic acids is 1. The van der Waals surface area contributed by atoms with Gasteiger partial charge in [-0.15, -0.1) is 11.6 Å². The zero-order chi connectivity index (χ0) is 25.4. The van der Waals surface area contributed by atoms with Crippen LogP contribution in [-0.2, 0) is 22.1 Å². The predicted octanol–water partition coefficient (Wildman–Crippen LogP) is 6.88. The average molecular weight is 514 g/mol. The lowest BCUT2D eigenvalue weighted by Gasteiger charge is -2.13. The number of esters is 1. The molecule has 0 aliphatic heterocycles. The first-order valence-corrected chi connectivity index (χ1v) is 11.8. The summed E-state index contributed by atoms with van der Waals surface area (Å²) in [5, 5.41) is 2.26. The van der Waals surface area contributed by atoms with Gasteiger partial charge in [-0.1, -0.05) is 30.6 Å². The Balaban J connectivity index is 1.52. The molecule has 0 spiro atoms. The number of fused-ring (bicyclic) bond motifs is 1. The smallest absolute Gasteiger partial charge is 0.437 e. The molecule has 0 bridgehead atoms. The summed E-state index contributed by atoms with van der Waals surface area (Å²) in [5.41, 5.74) is 0.254. The van der Waals surface area contributed by atoms with Crippen LogP contribution in [0.25, 0.3) is 11.0 Å². The fraction of sp³-hybridized carbons (Fsp3) is 0.440. The Morgan fingerprint density at radius 2 is 1.86 bits per heavy atom. The van der Waals surface area contributed by atoms with Gasteiger partial charge < -0.3 is 18.7 Å². The molecule has 0 amide bonds. The lowest BCUT2D eigenvalue weighted by atomic mass is 10.0. The number of aromatic nitrogens is 1. The van der Waals surface area contributed by atoms with Crippen molar-refractivity contribution in [2.75, 3.05) is 19.8 Å². The van der Waals surface area contributed by atoms with Crippen molar-refractivity contribution in [3.8, 4) is 11.5 Å². The minimum atomic E-state index is -4.58. The van der Waals surface area contributed by atoms with Crippen molar-refractivity contribution in [2.24, 2.45) is 0 Å². The van der Waals surface area contributed by atoms with Crippen molar-refractivity contribution in [2.45, 2.75) is 51.1 Å². The summed E-state index contributed by atoms with van der Waals surface area (Å²) in [6.45, 7) is 4.66. The minimum Gasteiger partial charge on any atom is -0.494 e. The van der Waals surface area contributed by atoms with E-state index in [4.69, 9.17) is 30.3 Å². The van der Waals surface area contributed by atoms with Crippen LogP contribution in [0.1, 0.15) is 55.3 Å². The molecule has 0 saturated heterocycles. The zero-order valence-electron chi connectivity index (χ0n) is 19.5. The van der Waals surface area contributed by atoms with E-state index in [2.05, 4.69) is 5.16 Å². The van der Waals surface area contributed by atoms with E-state index in [1.54, 1.807) is 31.2 Å². The molecule has 1 heterocycles. The van der Waals surface area contributed by atoms with Gasteiger partial charge in [-0.25, -0.2) is 0 Å². The second-order valence-electron chi connectivity index (χ2n) is 7.79. The summed E-state index contributed by atoms with van der Waals surface area (Å²) in [6, 6.07) is 9.82. The Kier molecular flexibility index (Phi) is 9.26. The molecule has 0 aliphatic carbocycles. The maximum atomic E-state index is 13.1. The van der Waals surface area contributed by atoms with Crippen LogP contribution in [0.5, 0.6) is 11.5 Å². The quantitative estimate of drug-likeness (QED) is 0.149. The number of hydrogen-bond acceptors (Lipinski definition) is 6. The second kappa shape index (κ2) is 12.2. The highest BCUT2D eigenvalue weighted by molar-refractivity contribution is 6.29. The lowest BCUT2D eigenvalue weighted by Crippen LogP contribution is -2.11. The number of benzene rings is 2. The maximum absolute atomic E-state index is 13.1. The fourth-order valence-corrected chi connectivity index (χ4v) is 3.76. The van der Waals surface area contributed by atoms with Crippen LogP contribution in [0.2, 0.25) is 0 Å². The van der Waals surface area contributed by atoms with Crippen LogP contribution in [0, 0.1) is 0 Å². The lowest BCUT2D eigenvalue weighted by molar-refractivity contribution is -0.143. The van der Waals surface area contributed by atoms with E-state index in [9.17, 15) is 18.0 Å². The van der Waals surface area contributed by atoms with Gasteiger partial charge in [0.05, 0.1) is 25.2 Å². The van der Waals surface area contributed by atoms with Crippen molar-refractivity contribution in [3.05, 3.63) is 53.2 Å². The Labute approximate surface area is 206 Å². The maximum Gasteiger partial charge on any atom is 0.437 e. The molecule has 1 unspecified atom stereocenters. The van der Waals surface area contributed by atoms with Crippen LogP contribution in [-0.4, -0.2) is 30.9 Å². The highest BCUT2D eigenvalue weighted by atomic mass is 35.5. The van der Waals surface area contributed by atoms with Crippen molar-refractivity contribution in [1.29, 1.82) is 0 Å². The fourth-order valence-electron chi connectivity index (χ4n) is 3.56. The van der Waals surface area contributed by atoms with Gasteiger partial charge in [-0.3, -0.25) is 4.79 Å². The molecule has 6 nitrogen and oxygen atoms in total. The third-order valence-corrected chi connectivity index (χ3v) is 5.61. The molecule has 10 heteroatoms. The first-order valence-electron chi connectivity index (χ1n) is 11.4. The number of ether oxygens (including phenoxy) is 3. The van der Waals surface area contributed by atoms with Crippen molar-refractivity contribution in [1.82, 2.24) is 5.16 Å². The topological polar surface area (TPSA) is 70.8 Å². The summed E-state index contributed by atoms with van der Waals surface area (Å²) < 4.78 is 61.0. The van der Waals surface area contributed by atoms with Gasteiger partial charge in [0.1, 0.15) is 11.5 Å². The molecule has 190 valence electrons. The second-order valence-corrected chi connectivity index (χ2v) is 8.23. The van der Waals surface area contributed by atoms with E-state index < -0.39 is 23.2 Å². The summed E-state index contributed by atoms with van der Waals surface area (Å²) in [4.78, 5) is 11.8. The van der Waals surface area contributed by atoms with Gasteiger partial charge in [0.25, 0.3) is 0 Å². The Bertz CT molecular complexity index is 1130. The number of hydrogen-bond donors (Lipinski definition) is 0. The molecule has 35 heavy (non-hydrogen) atoms. The number of unbranched alkanes of at least 4 members (excludes halogenated alkanes) is 1. The number of rotatable bonds is 12. The molecular formula is C25H27ClF3NO5. The first-order chi connectivity index (χ1) is 16.8. The van der Waals surface area contributed by atoms with Crippen LogP contribution < -0.4 is 9.47 Å². The van der Waals surface area contributed by atoms with Crippen LogP contribution in [0.15, 0.2) is 40.9 Å². The molecule has 2 aromatic carbocycles. The van der Waals surface area contributed by atoms with Crippen molar-refractivity contribution in [3.63, 3.8) is 0 Å². The van der Waals surface area contributed by atoms with Crippen molar-refractivity contribution >= 4 is 28.5 Å². The van der Waals surface area contributed by atoms with E-state index in [0.717, 1.165) is 0 Å². The van der Waals surface area contributed by atoms with E-state index >= 15 is 0 Å². The third kappa shape index (κ3) is 6.81. The SMILES string of the molecule is CCCc1c(OCCCCOc2cccc(C(Cl)C(=O)OCC)c2)ccc2c(C(F)(F)F)noc12. The predicted molar refractivity (Wildman–Crippen MR) is 125 cm³/mol. The van der Waals surface area contributed by atoms with Crippen LogP contribution in [0.4, 0.5) is 13.2 Å².